The topological polar surface area (TPSA) is 13.1 Å². The maximum absolute atomic E-state index is 13.8. The molecule has 0 amide bonds. The van der Waals surface area contributed by atoms with Crippen LogP contribution in [-0.2, 0) is 6.42 Å². The Balaban J connectivity index is 1.91. The van der Waals surface area contributed by atoms with E-state index in [2.05, 4.69) is 15.9 Å². The molecule has 2 aromatic carbocycles. The van der Waals surface area contributed by atoms with Crippen LogP contribution in [0.1, 0.15) is 16.2 Å². The first-order chi connectivity index (χ1) is 9.65. The van der Waals surface area contributed by atoms with Crippen LogP contribution in [0, 0.1) is 5.82 Å². The van der Waals surface area contributed by atoms with Gasteiger partial charge < -0.3 is 4.42 Å². The second-order valence-corrected chi connectivity index (χ2v) is 6.07. The highest BCUT2D eigenvalue weighted by Crippen LogP contribution is 2.34. The minimum atomic E-state index is -0.293. The average Bonchev–Trinajstić information content (AvgIpc) is 2.87. The highest BCUT2D eigenvalue weighted by atomic mass is 79.9. The summed E-state index contributed by atoms with van der Waals surface area (Å²) in [5.74, 6) is 0.476. The van der Waals surface area contributed by atoms with Crippen LogP contribution >= 0.6 is 27.5 Å². The molecule has 0 N–H and O–H groups in total. The first-order valence-corrected chi connectivity index (χ1v) is 7.50. The lowest BCUT2D eigenvalue weighted by atomic mass is 10.1. The molecule has 1 atom stereocenters. The SMILES string of the molecule is Fc1cccc(Cl)c1CC(Br)c1cc2ccccc2o1. The van der Waals surface area contributed by atoms with Crippen LogP contribution in [0.15, 0.2) is 52.9 Å². The fourth-order valence-corrected chi connectivity index (χ4v) is 2.95. The van der Waals surface area contributed by atoms with E-state index < -0.39 is 0 Å². The van der Waals surface area contributed by atoms with Gasteiger partial charge in [0.15, 0.2) is 0 Å². The number of alkyl halides is 1. The second kappa shape index (κ2) is 5.58. The van der Waals surface area contributed by atoms with Crippen LogP contribution in [0.25, 0.3) is 11.0 Å². The van der Waals surface area contributed by atoms with E-state index in [1.54, 1.807) is 12.1 Å². The highest BCUT2D eigenvalue weighted by Gasteiger charge is 2.17. The van der Waals surface area contributed by atoms with Crippen molar-refractivity contribution in [3.05, 3.63) is 70.7 Å². The number of halogens is 3. The minimum absolute atomic E-state index is 0.121. The third-order valence-corrected chi connectivity index (χ3v) is 4.33. The third kappa shape index (κ3) is 2.60. The molecule has 0 saturated carbocycles. The van der Waals surface area contributed by atoms with Gasteiger partial charge in [0.25, 0.3) is 0 Å². The van der Waals surface area contributed by atoms with Crippen LogP contribution in [0.5, 0.6) is 0 Å². The summed E-state index contributed by atoms with van der Waals surface area (Å²) >= 11 is 9.60. The zero-order chi connectivity index (χ0) is 14.1. The van der Waals surface area contributed by atoms with E-state index in [0.29, 0.717) is 17.0 Å². The van der Waals surface area contributed by atoms with Gasteiger partial charge in [-0.3, -0.25) is 0 Å². The van der Waals surface area contributed by atoms with Crippen molar-refractivity contribution in [1.29, 1.82) is 0 Å². The van der Waals surface area contributed by atoms with Crippen molar-refractivity contribution in [3.8, 4) is 0 Å². The quantitative estimate of drug-likeness (QED) is 0.534. The molecule has 0 fully saturated rings. The molecule has 0 spiro atoms. The highest BCUT2D eigenvalue weighted by molar-refractivity contribution is 9.09. The molecular weight excluding hydrogens is 343 g/mol. The van der Waals surface area contributed by atoms with Crippen molar-refractivity contribution in [1.82, 2.24) is 0 Å². The Bertz CT molecular complexity index is 700. The number of para-hydroxylation sites is 1. The van der Waals surface area contributed by atoms with E-state index in [1.165, 1.54) is 6.07 Å². The van der Waals surface area contributed by atoms with Gasteiger partial charge in [-0.15, -0.1) is 0 Å². The van der Waals surface area contributed by atoms with E-state index in [1.807, 2.05) is 30.3 Å². The molecule has 1 aromatic heterocycles. The lowest BCUT2D eigenvalue weighted by Crippen LogP contribution is -1.98. The molecule has 20 heavy (non-hydrogen) atoms. The lowest BCUT2D eigenvalue weighted by Gasteiger charge is -2.09. The summed E-state index contributed by atoms with van der Waals surface area (Å²) in [5, 5.41) is 1.47. The van der Waals surface area contributed by atoms with Crippen molar-refractivity contribution in [2.45, 2.75) is 11.2 Å². The predicted octanol–water partition coefficient (Wildman–Crippen LogP) is 5.90. The van der Waals surface area contributed by atoms with E-state index >= 15 is 0 Å². The molecule has 0 aliphatic rings. The Morgan fingerprint density at radius 3 is 2.70 bits per heavy atom. The zero-order valence-corrected chi connectivity index (χ0v) is 12.8. The van der Waals surface area contributed by atoms with Crippen LogP contribution in [0.4, 0.5) is 4.39 Å². The standard InChI is InChI=1S/C16H11BrClFO/c17-12(9-11-13(18)5-3-6-14(11)19)16-8-10-4-1-2-7-15(10)20-16/h1-8,12H,9H2. The van der Waals surface area contributed by atoms with Crippen LogP contribution in [0.2, 0.25) is 5.02 Å². The number of fused-ring (bicyclic) bond motifs is 1. The molecule has 0 bridgehead atoms. The summed E-state index contributed by atoms with van der Waals surface area (Å²) in [7, 11) is 0. The Hall–Kier alpha value is -1.32. The van der Waals surface area contributed by atoms with Crippen LogP contribution < -0.4 is 0 Å². The number of benzene rings is 2. The monoisotopic (exact) mass is 352 g/mol. The molecule has 1 heterocycles. The molecule has 0 radical (unpaired) electrons. The summed E-state index contributed by atoms with van der Waals surface area (Å²) in [6.07, 6.45) is 0.436. The van der Waals surface area contributed by atoms with Crippen LogP contribution in [0.3, 0.4) is 0 Å². The molecule has 0 saturated heterocycles. The van der Waals surface area contributed by atoms with Crippen molar-refractivity contribution >= 4 is 38.5 Å². The van der Waals surface area contributed by atoms with E-state index in [4.69, 9.17) is 16.0 Å². The Labute approximate surface area is 129 Å². The number of rotatable bonds is 3. The molecule has 1 unspecified atom stereocenters. The Kier molecular flexibility index (Phi) is 3.81. The number of furan rings is 1. The molecule has 3 rings (SSSR count). The molecule has 4 heteroatoms. The smallest absolute Gasteiger partial charge is 0.134 e. The fraction of sp³-hybridized carbons (Fsp3) is 0.125. The maximum Gasteiger partial charge on any atom is 0.134 e. The van der Waals surface area contributed by atoms with E-state index in [9.17, 15) is 4.39 Å². The number of hydrogen-bond acceptors (Lipinski definition) is 1. The van der Waals surface area contributed by atoms with Crippen molar-refractivity contribution in [2.75, 3.05) is 0 Å². The molecule has 102 valence electrons. The van der Waals surface area contributed by atoms with Gasteiger partial charge in [-0.05, 0) is 30.7 Å². The van der Waals surface area contributed by atoms with E-state index in [-0.39, 0.29) is 10.6 Å². The second-order valence-electron chi connectivity index (χ2n) is 4.56. The summed E-state index contributed by atoms with van der Waals surface area (Å²) in [5.41, 5.74) is 1.32. The minimum Gasteiger partial charge on any atom is -0.460 e. The van der Waals surface area contributed by atoms with Gasteiger partial charge >= 0.3 is 0 Å². The lowest BCUT2D eigenvalue weighted by molar-refractivity contribution is 0.539. The fourth-order valence-electron chi connectivity index (χ4n) is 2.16. The van der Waals surface area contributed by atoms with Crippen molar-refractivity contribution < 1.29 is 8.81 Å². The van der Waals surface area contributed by atoms with Gasteiger partial charge in [-0.2, -0.15) is 0 Å². The van der Waals surface area contributed by atoms with Gasteiger partial charge in [-0.25, -0.2) is 4.39 Å². The Morgan fingerprint density at radius 2 is 1.95 bits per heavy atom. The van der Waals surface area contributed by atoms with Gasteiger partial charge in [0.2, 0.25) is 0 Å². The largest absolute Gasteiger partial charge is 0.460 e. The maximum atomic E-state index is 13.8. The average molecular weight is 354 g/mol. The van der Waals surface area contributed by atoms with E-state index in [0.717, 1.165) is 16.7 Å². The zero-order valence-electron chi connectivity index (χ0n) is 10.4. The van der Waals surface area contributed by atoms with Gasteiger partial charge in [0, 0.05) is 16.0 Å². The molecule has 0 aliphatic carbocycles. The first-order valence-electron chi connectivity index (χ1n) is 6.20. The van der Waals surface area contributed by atoms with Crippen LogP contribution in [-0.4, -0.2) is 0 Å². The summed E-state index contributed by atoms with van der Waals surface area (Å²) < 4.78 is 19.6. The molecule has 3 aromatic rings. The normalized spacial score (nSPS) is 12.8. The van der Waals surface area contributed by atoms with Gasteiger partial charge in [0.05, 0.1) is 4.83 Å². The third-order valence-electron chi connectivity index (χ3n) is 3.20. The summed E-state index contributed by atoms with van der Waals surface area (Å²) in [4.78, 5) is -0.121. The number of hydrogen-bond donors (Lipinski definition) is 0. The van der Waals surface area contributed by atoms with Gasteiger partial charge in [-0.1, -0.05) is 51.8 Å². The van der Waals surface area contributed by atoms with Crippen molar-refractivity contribution in [3.63, 3.8) is 0 Å². The summed E-state index contributed by atoms with van der Waals surface area (Å²) in [6.45, 7) is 0. The van der Waals surface area contributed by atoms with Crippen molar-refractivity contribution in [2.24, 2.45) is 0 Å². The summed E-state index contributed by atoms with van der Waals surface area (Å²) in [6, 6.07) is 14.4. The predicted molar refractivity (Wildman–Crippen MR) is 83.0 cm³/mol. The Morgan fingerprint density at radius 1 is 1.15 bits per heavy atom. The molecular formula is C16H11BrClFO. The molecule has 0 aliphatic heterocycles. The molecule has 1 nitrogen and oxygen atoms in total. The first kappa shape index (κ1) is 13.7. The van der Waals surface area contributed by atoms with Gasteiger partial charge in [0.1, 0.15) is 17.2 Å².